The summed E-state index contributed by atoms with van der Waals surface area (Å²) in [5.41, 5.74) is 0. The number of alkyl halides is 1. The van der Waals surface area contributed by atoms with Crippen LogP contribution < -0.4 is 0 Å². The Morgan fingerprint density at radius 1 is 1.15 bits per heavy atom. The molecule has 0 aromatic carbocycles. The third kappa shape index (κ3) is 3.89. The van der Waals surface area contributed by atoms with E-state index in [4.69, 9.17) is 24.5 Å². The van der Waals surface area contributed by atoms with Crippen molar-refractivity contribution in [1.82, 2.24) is 0 Å². The minimum absolute atomic E-state index is 0.0182. The van der Waals surface area contributed by atoms with Crippen molar-refractivity contribution in [2.75, 3.05) is 0 Å². The molecular weight excluding hydrogens is 273 g/mol. The van der Waals surface area contributed by atoms with Crippen molar-refractivity contribution in [3.63, 3.8) is 0 Å². The topological polar surface area (TPSA) is 23.8 Å². The standard InChI is InChI=1S/C11H8IN/c1-4-9(5-2)7-11(12)10(6-3)8-13/h1-3,9-11H,7H2/t10?,11-/m0/s1. The van der Waals surface area contributed by atoms with E-state index >= 15 is 0 Å². The van der Waals surface area contributed by atoms with Gasteiger partial charge in [0.05, 0.1) is 12.0 Å². The lowest BCUT2D eigenvalue weighted by atomic mass is 9.98. The van der Waals surface area contributed by atoms with Crippen molar-refractivity contribution in [3.05, 3.63) is 0 Å². The number of terminal acetylenes is 3. The summed E-state index contributed by atoms with van der Waals surface area (Å²) in [6, 6.07) is 2.02. The van der Waals surface area contributed by atoms with E-state index in [0.29, 0.717) is 6.42 Å². The van der Waals surface area contributed by atoms with Crippen LogP contribution in [0, 0.1) is 60.2 Å². The van der Waals surface area contributed by atoms with Crippen LogP contribution in [0.25, 0.3) is 0 Å². The molecule has 13 heavy (non-hydrogen) atoms. The van der Waals surface area contributed by atoms with Crippen molar-refractivity contribution >= 4 is 22.6 Å². The minimum atomic E-state index is -0.412. The van der Waals surface area contributed by atoms with E-state index in [0.717, 1.165) is 0 Å². The van der Waals surface area contributed by atoms with Gasteiger partial charge in [0, 0.05) is 3.92 Å². The van der Waals surface area contributed by atoms with Crippen molar-refractivity contribution in [1.29, 1.82) is 5.26 Å². The Morgan fingerprint density at radius 3 is 2.00 bits per heavy atom. The summed E-state index contributed by atoms with van der Waals surface area (Å²) in [7, 11) is 0. The lowest BCUT2D eigenvalue weighted by Gasteiger charge is -2.11. The van der Waals surface area contributed by atoms with Crippen LogP contribution in [0.5, 0.6) is 0 Å². The molecule has 0 aromatic heterocycles. The Labute approximate surface area is 93.0 Å². The molecule has 0 spiro atoms. The molecule has 0 aliphatic carbocycles. The predicted molar refractivity (Wildman–Crippen MR) is 61.5 cm³/mol. The van der Waals surface area contributed by atoms with Crippen LogP contribution in [0.2, 0.25) is 0 Å². The van der Waals surface area contributed by atoms with Gasteiger partial charge in [0.1, 0.15) is 5.92 Å². The molecule has 1 nitrogen and oxygen atoms in total. The third-order valence-corrected chi connectivity index (χ3v) is 2.77. The molecule has 0 aliphatic rings. The number of nitriles is 1. The van der Waals surface area contributed by atoms with Gasteiger partial charge in [-0.05, 0) is 6.42 Å². The number of halogens is 1. The first-order valence-electron chi connectivity index (χ1n) is 3.61. The lowest BCUT2D eigenvalue weighted by molar-refractivity contribution is 0.674. The second kappa shape index (κ2) is 6.42. The first kappa shape index (κ1) is 11.9. The molecule has 0 saturated carbocycles. The molecule has 0 fully saturated rings. The van der Waals surface area contributed by atoms with Crippen LogP contribution >= 0.6 is 22.6 Å². The third-order valence-electron chi connectivity index (χ3n) is 1.54. The Balaban J connectivity index is 4.27. The van der Waals surface area contributed by atoms with Gasteiger partial charge in [0.25, 0.3) is 0 Å². The van der Waals surface area contributed by atoms with Crippen molar-refractivity contribution in [3.8, 4) is 43.1 Å². The van der Waals surface area contributed by atoms with E-state index in [1.54, 1.807) is 0 Å². The van der Waals surface area contributed by atoms with Gasteiger partial charge in [-0.15, -0.1) is 19.3 Å². The van der Waals surface area contributed by atoms with Gasteiger partial charge in [-0.25, -0.2) is 0 Å². The number of nitrogens with zero attached hydrogens (tertiary/aromatic N) is 1. The normalized spacial score (nSPS) is 13.1. The maximum Gasteiger partial charge on any atom is 0.119 e. The highest BCUT2D eigenvalue weighted by Gasteiger charge is 2.18. The van der Waals surface area contributed by atoms with Crippen LogP contribution in [0.1, 0.15) is 6.42 Å². The highest BCUT2D eigenvalue weighted by molar-refractivity contribution is 14.1. The van der Waals surface area contributed by atoms with Gasteiger partial charge < -0.3 is 0 Å². The summed E-state index contributed by atoms with van der Waals surface area (Å²) < 4.78 is 0.0182. The Morgan fingerprint density at radius 2 is 1.69 bits per heavy atom. The fourth-order valence-electron chi connectivity index (χ4n) is 0.768. The average Bonchev–Trinajstić information content (AvgIpc) is 2.16. The number of hydrogen-bond acceptors (Lipinski definition) is 1. The molecule has 2 atom stereocenters. The molecule has 0 bridgehead atoms. The van der Waals surface area contributed by atoms with E-state index in [1.807, 2.05) is 6.07 Å². The Bertz CT molecular complexity index is 290. The van der Waals surface area contributed by atoms with Gasteiger partial charge in [-0.2, -0.15) is 5.26 Å². The van der Waals surface area contributed by atoms with Crippen LogP contribution in [-0.2, 0) is 0 Å². The highest BCUT2D eigenvalue weighted by Crippen LogP contribution is 2.20. The van der Waals surface area contributed by atoms with E-state index in [-0.39, 0.29) is 9.84 Å². The van der Waals surface area contributed by atoms with Gasteiger partial charge in [0.15, 0.2) is 0 Å². The SMILES string of the molecule is C#CC(C#C)C[C@H](I)C(C#C)C#N. The fourth-order valence-corrected chi connectivity index (χ4v) is 1.64. The fraction of sp³-hybridized carbons (Fsp3) is 0.364. The van der Waals surface area contributed by atoms with Gasteiger partial charge in [-0.1, -0.05) is 40.4 Å². The van der Waals surface area contributed by atoms with E-state index in [9.17, 15) is 0 Å². The summed E-state index contributed by atoms with van der Waals surface area (Å²) >= 11 is 2.11. The summed E-state index contributed by atoms with van der Waals surface area (Å²) in [6.45, 7) is 0. The van der Waals surface area contributed by atoms with Gasteiger partial charge in [0.2, 0.25) is 0 Å². The monoisotopic (exact) mass is 281 g/mol. The van der Waals surface area contributed by atoms with E-state index in [2.05, 4.69) is 40.4 Å². The second-order valence-corrected chi connectivity index (χ2v) is 4.01. The smallest absolute Gasteiger partial charge is 0.119 e. The Kier molecular flexibility index (Phi) is 5.88. The Hall–Kier alpha value is -1.10. The van der Waals surface area contributed by atoms with Crippen molar-refractivity contribution < 1.29 is 0 Å². The zero-order valence-electron chi connectivity index (χ0n) is 7.00. The number of hydrogen-bond donors (Lipinski definition) is 0. The quantitative estimate of drug-likeness (QED) is 0.440. The average molecular weight is 281 g/mol. The van der Waals surface area contributed by atoms with Crippen molar-refractivity contribution in [2.24, 2.45) is 11.8 Å². The molecule has 0 aliphatic heterocycles. The van der Waals surface area contributed by atoms with Gasteiger partial charge >= 0.3 is 0 Å². The van der Waals surface area contributed by atoms with Crippen molar-refractivity contribution in [2.45, 2.75) is 10.3 Å². The second-order valence-electron chi connectivity index (χ2n) is 2.41. The highest BCUT2D eigenvalue weighted by atomic mass is 127. The van der Waals surface area contributed by atoms with Gasteiger partial charge in [-0.3, -0.25) is 0 Å². The first-order valence-corrected chi connectivity index (χ1v) is 4.86. The molecule has 64 valence electrons. The summed E-state index contributed by atoms with van der Waals surface area (Å²) in [4.78, 5) is 0. The largest absolute Gasteiger partial charge is 0.197 e. The summed E-state index contributed by atoms with van der Waals surface area (Å²) in [5, 5.41) is 8.65. The van der Waals surface area contributed by atoms with Crippen LogP contribution in [0.4, 0.5) is 0 Å². The first-order chi connectivity index (χ1) is 6.19. The van der Waals surface area contributed by atoms with E-state index < -0.39 is 5.92 Å². The summed E-state index contributed by atoms with van der Waals surface area (Å²) in [5.74, 6) is 6.69. The predicted octanol–water partition coefficient (Wildman–Crippen LogP) is 1.84. The zero-order chi connectivity index (χ0) is 10.3. The molecule has 0 radical (unpaired) electrons. The molecular formula is C11H8IN. The van der Waals surface area contributed by atoms with Crippen LogP contribution in [0.3, 0.4) is 0 Å². The summed E-state index contributed by atoms with van der Waals surface area (Å²) in [6.07, 6.45) is 16.1. The van der Waals surface area contributed by atoms with Crippen LogP contribution in [0.15, 0.2) is 0 Å². The lowest BCUT2D eigenvalue weighted by Crippen LogP contribution is -2.14. The molecule has 2 heteroatoms. The molecule has 0 amide bonds. The van der Waals surface area contributed by atoms with Crippen LogP contribution in [-0.4, -0.2) is 3.92 Å². The molecule has 0 N–H and O–H groups in total. The molecule has 0 saturated heterocycles. The molecule has 0 heterocycles. The number of rotatable bonds is 3. The van der Waals surface area contributed by atoms with E-state index in [1.165, 1.54) is 0 Å². The maximum absolute atomic E-state index is 8.65. The molecule has 0 rings (SSSR count). The molecule has 1 unspecified atom stereocenters. The zero-order valence-corrected chi connectivity index (χ0v) is 9.15. The maximum atomic E-state index is 8.65. The minimum Gasteiger partial charge on any atom is -0.197 e. The molecule has 0 aromatic rings.